The van der Waals surface area contributed by atoms with E-state index in [1.807, 2.05) is 52.0 Å². The Morgan fingerprint density at radius 1 is 0.368 bits per heavy atom. The van der Waals surface area contributed by atoms with Crippen molar-refractivity contribution in [3.05, 3.63) is 48.6 Å². The molecule has 57 heavy (non-hydrogen) atoms. The Hall–Kier alpha value is -2.36. The molecule has 0 aromatic heterocycles. The van der Waals surface area contributed by atoms with Crippen molar-refractivity contribution in [1.82, 2.24) is 0 Å². The van der Waals surface area contributed by atoms with Crippen LogP contribution in [-0.4, -0.2) is 23.1 Å². The van der Waals surface area contributed by atoms with Crippen molar-refractivity contribution in [2.45, 2.75) is 195 Å². The van der Waals surface area contributed by atoms with E-state index >= 15 is 0 Å². The van der Waals surface area contributed by atoms with Crippen LogP contribution in [0.4, 0.5) is 0 Å². The number of rotatable bonds is 8. The molecule has 0 saturated heterocycles. The quantitative estimate of drug-likeness (QED) is 0.230. The highest BCUT2D eigenvalue weighted by Gasteiger charge is 2.43. The van der Waals surface area contributed by atoms with Gasteiger partial charge in [0.05, 0.1) is 0 Å². The SMILES string of the molecule is C.CC=CC(=O)[C@@H]1[C@@H](C)CCCC1(C)C.CC=CC(=O)[C@@H]1[C@H](C)CCCC1(C)C.CC=CC(=O)[C@H]1[C@@H](C)CCCC1(C)C.CC=CC(=O)[C@H]1[C@H](C)CCCC1(C)C. The fourth-order valence-electron chi connectivity index (χ4n) is 11.6. The fraction of sp³-hybridized carbons (Fsp3) is 0.774. The second-order valence-electron chi connectivity index (χ2n) is 21.0. The van der Waals surface area contributed by atoms with Gasteiger partial charge in [0, 0.05) is 23.7 Å². The summed E-state index contributed by atoms with van der Waals surface area (Å²) in [5.41, 5.74) is 0.755. The van der Waals surface area contributed by atoms with Crippen molar-refractivity contribution in [3.63, 3.8) is 0 Å². The molecule has 4 aliphatic rings. The van der Waals surface area contributed by atoms with Gasteiger partial charge in [-0.05, 0) is 149 Å². The first-order valence-corrected chi connectivity index (χ1v) is 22.6. The molecule has 8 atom stereocenters. The van der Waals surface area contributed by atoms with E-state index in [-0.39, 0.29) is 52.8 Å². The number of carbonyl (C=O) groups is 4. The van der Waals surface area contributed by atoms with Gasteiger partial charge in [-0.3, -0.25) is 19.2 Å². The van der Waals surface area contributed by atoms with E-state index in [1.165, 1.54) is 77.0 Å². The van der Waals surface area contributed by atoms with Crippen molar-refractivity contribution >= 4 is 23.1 Å². The zero-order valence-corrected chi connectivity index (χ0v) is 39.4. The minimum Gasteiger partial charge on any atom is -0.295 e. The Labute approximate surface area is 354 Å². The van der Waals surface area contributed by atoms with Gasteiger partial charge in [-0.1, -0.05) is 140 Å². The minimum atomic E-state index is 0. The zero-order valence-electron chi connectivity index (χ0n) is 39.4. The second-order valence-corrected chi connectivity index (χ2v) is 21.0. The summed E-state index contributed by atoms with van der Waals surface area (Å²) in [5, 5.41) is 0. The van der Waals surface area contributed by atoms with Crippen LogP contribution in [0.5, 0.6) is 0 Å². The van der Waals surface area contributed by atoms with Gasteiger partial charge in [-0.15, -0.1) is 0 Å². The highest BCUT2D eigenvalue weighted by Crippen LogP contribution is 2.47. The highest BCUT2D eigenvalue weighted by atomic mass is 16.1. The molecule has 0 bridgehead atoms. The standard InChI is InChI=1S/4C13H22O.CH4/c4*1-5-7-11(14)12-10(2)8-6-9-13(12,3)4;/h4*5,7,10,12H,6,8-9H2,1-4H3;1H4/t2*10-,12+;2*10-,12-;/m1010./s1. The van der Waals surface area contributed by atoms with Crippen LogP contribution < -0.4 is 0 Å². The summed E-state index contributed by atoms with van der Waals surface area (Å²) < 4.78 is 0. The molecule has 0 N–H and O–H groups in total. The molecule has 0 spiro atoms. The maximum Gasteiger partial charge on any atom is 0.159 e. The summed E-state index contributed by atoms with van der Waals surface area (Å²) in [7, 11) is 0. The van der Waals surface area contributed by atoms with E-state index in [1.54, 1.807) is 24.3 Å². The highest BCUT2D eigenvalue weighted by molar-refractivity contribution is 5.94. The van der Waals surface area contributed by atoms with E-state index in [0.29, 0.717) is 46.8 Å². The maximum atomic E-state index is 11.9. The minimum absolute atomic E-state index is 0. The van der Waals surface area contributed by atoms with Crippen molar-refractivity contribution < 1.29 is 19.2 Å². The Morgan fingerprint density at radius 2 is 0.526 bits per heavy atom. The summed E-state index contributed by atoms with van der Waals surface area (Å²) in [6, 6.07) is 0. The third-order valence-corrected chi connectivity index (χ3v) is 14.1. The van der Waals surface area contributed by atoms with Crippen LogP contribution in [-0.2, 0) is 19.2 Å². The largest absolute Gasteiger partial charge is 0.295 e. The molecule has 4 aliphatic carbocycles. The van der Waals surface area contributed by atoms with Gasteiger partial charge in [-0.25, -0.2) is 0 Å². The number of allylic oxidation sites excluding steroid dienone is 8. The van der Waals surface area contributed by atoms with Crippen molar-refractivity contribution in [2.75, 3.05) is 0 Å². The average Bonchev–Trinajstić information content (AvgIpc) is 3.04. The third kappa shape index (κ3) is 16.3. The zero-order chi connectivity index (χ0) is 43.1. The number of carbonyl (C=O) groups excluding carboxylic acids is 4. The van der Waals surface area contributed by atoms with E-state index < -0.39 is 0 Å². The van der Waals surface area contributed by atoms with Crippen molar-refractivity contribution in [1.29, 1.82) is 0 Å². The maximum absolute atomic E-state index is 11.9. The smallest absolute Gasteiger partial charge is 0.159 e. The molecule has 0 radical (unpaired) electrons. The molecule has 4 rings (SSSR count). The Morgan fingerprint density at radius 3 is 0.649 bits per heavy atom. The van der Waals surface area contributed by atoms with Gasteiger partial charge in [-0.2, -0.15) is 0 Å². The molecule has 0 unspecified atom stereocenters. The molecule has 0 heterocycles. The predicted octanol–water partition coefficient (Wildman–Crippen LogP) is 15.0. The van der Waals surface area contributed by atoms with E-state index in [2.05, 4.69) is 83.1 Å². The van der Waals surface area contributed by atoms with Gasteiger partial charge in [0.25, 0.3) is 0 Å². The molecule has 4 saturated carbocycles. The van der Waals surface area contributed by atoms with Crippen LogP contribution in [0.2, 0.25) is 0 Å². The van der Waals surface area contributed by atoms with Crippen LogP contribution in [0.15, 0.2) is 48.6 Å². The lowest BCUT2D eigenvalue weighted by molar-refractivity contribution is -0.126. The Balaban J connectivity index is 0.000000729. The van der Waals surface area contributed by atoms with Gasteiger partial charge in [0.15, 0.2) is 23.1 Å². The topological polar surface area (TPSA) is 68.3 Å². The Bertz CT molecular complexity index is 1160. The molecule has 0 aromatic rings. The van der Waals surface area contributed by atoms with Gasteiger partial charge < -0.3 is 0 Å². The van der Waals surface area contributed by atoms with Gasteiger partial charge in [0.1, 0.15) is 0 Å². The first-order valence-electron chi connectivity index (χ1n) is 22.6. The normalized spacial score (nSPS) is 31.4. The van der Waals surface area contributed by atoms with Gasteiger partial charge in [0.2, 0.25) is 0 Å². The van der Waals surface area contributed by atoms with Crippen molar-refractivity contribution in [3.8, 4) is 0 Å². The monoisotopic (exact) mass is 793 g/mol. The molecule has 0 amide bonds. The molecule has 4 nitrogen and oxygen atoms in total. The first kappa shape index (κ1) is 54.6. The fourth-order valence-corrected chi connectivity index (χ4v) is 11.6. The van der Waals surface area contributed by atoms with E-state index in [0.717, 1.165) is 0 Å². The molecule has 0 aliphatic heterocycles. The van der Waals surface area contributed by atoms with Crippen LogP contribution in [0, 0.1) is 69.0 Å². The van der Waals surface area contributed by atoms with Crippen LogP contribution in [0.1, 0.15) is 195 Å². The molecule has 328 valence electrons. The van der Waals surface area contributed by atoms with E-state index in [4.69, 9.17) is 0 Å². The van der Waals surface area contributed by atoms with Crippen LogP contribution in [0.3, 0.4) is 0 Å². The number of ketones is 4. The molecule has 0 aromatic carbocycles. The predicted molar refractivity (Wildman–Crippen MR) is 247 cm³/mol. The summed E-state index contributed by atoms with van der Waals surface area (Å²) in [4.78, 5) is 47.7. The summed E-state index contributed by atoms with van der Waals surface area (Å²) in [6.45, 7) is 34.4. The van der Waals surface area contributed by atoms with Gasteiger partial charge >= 0.3 is 0 Å². The van der Waals surface area contributed by atoms with Crippen LogP contribution >= 0.6 is 0 Å². The third-order valence-electron chi connectivity index (χ3n) is 14.1. The lowest BCUT2D eigenvalue weighted by Gasteiger charge is -2.41. The summed E-state index contributed by atoms with van der Waals surface area (Å²) >= 11 is 0. The lowest BCUT2D eigenvalue weighted by Crippen LogP contribution is -2.38. The lowest BCUT2D eigenvalue weighted by atomic mass is 9.62. The number of hydrogen-bond donors (Lipinski definition) is 0. The van der Waals surface area contributed by atoms with Crippen molar-refractivity contribution in [2.24, 2.45) is 69.0 Å². The number of hydrogen-bond acceptors (Lipinski definition) is 4. The first-order chi connectivity index (χ1) is 25.9. The van der Waals surface area contributed by atoms with Crippen LogP contribution in [0.25, 0.3) is 0 Å². The second kappa shape index (κ2) is 24.7. The average molecular weight is 793 g/mol. The Kier molecular flexibility index (Phi) is 23.6. The van der Waals surface area contributed by atoms with E-state index in [9.17, 15) is 19.2 Å². The molecular formula is C53H92O4. The summed E-state index contributed by atoms with van der Waals surface area (Å²) in [6.07, 6.45) is 29.1. The summed E-state index contributed by atoms with van der Waals surface area (Å²) in [5.74, 6) is 4.39. The molecule has 4 fully saturated rings. The molecule has 4 heteroatoms. The molecular weight excluding hydrogens is 701 g/mol.